The summed E-state index contributed by atoms with van der Waals surface area (Å²) in [5.74, 6) is 0.838. The number of nitrogens with one attached hydrogen (secondary N) is 1. The molecule has 1 N–H and O–H groups in total. The number of hydrogen-bond acceptors (Lipinski definition) is 4. The molecular weight excluding hydrogens is 302 g/mol. The molecule has 128 valence electrons. The van der Waals surface area contributed by atoms with Crippen LogP contribution in [-0.2, 0) is 17.9 Å². The van der Waals surface area contributed by atoms with E-state index in [2.05, 4.69) is 46.3 Å². The number of aryl methyl sites for hydroxylation is 1. The second kappa shape index (κ2) is 8.13. The van der Waals surface area contributed by atoms with Gasteiger partial charge in [0.25, 0.3) is 0 Å². The van der Waals surface area contributed by atoms with Crippen LogP contribution in [0, 0.1) is 6.92 Å². The molecule has 1 amide bonds. The van der Waals surface area contributed by atoms with Crippen LogP contribution in [0.3, 0.4) is 0 Å². The number of nitrogens with zero attached hydrogens (tertiary/aromatic N) is 2. The zero-order valence-corrected chi connectivity index (χ0v) is 14.2. The third kappa shape index (κ3) is 4.69. The number of benzene rings is 1. The zero-order chi connectivity index (χ0) is 16.8. The summed E-state index contributed by atoms with van der Waals surface area (Å²) in [5.41, 5.74) is 2.74. The fourth-order valence-electron chi connectivity index (χ4n) is 2.99. The van der Waals surface area contributed by atoms with Gasteiger partial charge in [0.1, 0.15) is 5.76 Å². The highest BCUT2D eigenvalue weighted by molar-refractivity contribution is 5.77. The Morgan fingerprint density at radius 3 is 2.54 bits per heavy atom. The number of rotatable bonds is 6. The quantitative estimate of drug-likeness (QED) is 0.882. The second-order valence-corrected chi connectivity index (χ2v) is 6.33. The number of furan rings is 1. The van der Waals surface area contributed by atoms with Gasteiger partial charge in [-0.3, -0.25) is 14.6 Å². The van der Waals surface area contributed by atoms with Crippen molar-refractivity contribution in [1.82, 2.24) is 15.1 Å². The Bertz CT molecular complexity index is 646. The van der Waals surface area contributed by atoms with Gasteiger partial charge in [-0.1, -0.05) is 24.3 Å². The summed E-state index contributed by atoms with van der Waals surface area (Å²) in [4.78, 5) is 16.7. The fourth-order valence-corrected chi connectivity index (χ4v) is 2.99. The molecule has 24 heavy (non-hydrogen) atoms. The summed E-state index contributed by atoms with van der Waals surface area (Å²) in [6, 6.07) is 12.2. The van der Waals surface area contributed by atoms with E-state index in [4.69, 9.17) is 4.42 Å². The standard InChI is InChI=1S/C19H25N3O2/c1-16-5-2-3-6-17(16)14-21-8-10-22(11-9-21)15-19(23)20-13-18-7-4-12-24-18/h2-7,12H,8-11,13-15H2,1H3,(H,20,23). The minimum Gasteiger partial charge on any atom is -0.467 e. The second-order valence-electron chi connectivity index (χ2n) is 6.33. The van der Waals surface area contributed by atoms with E-state index >= 15 is 0 Å². The van der Waals surface area contributed by atoms with Crippen molar-refractivity contribution in [2.75, 3.05) is 32.7 Å². The Balaban J connectivity index is 1.39. The van der Waals surface area contributed by atoms with Gasteiger partial charge in [-0.05, 0) is 30.2 Å². The smallest absolute Gasteiger partial charge is 0.234 e. The van der Waals surface area contributed by atoms with Gasteiger partial charge in [-0.15, -0.1) is 0 Å². The Kier molecular flexibility index (Phi) is 5.67. The van der Waals surface area contributed by atoms with E-state index in [1.807, 2.05) is 12.1 Å². The Hall–Kier alpha value is -2.11. The van der Waals surface area contributed by atoms with Crippen molar-refractivity contribution in [2.45, 2.75) is 20.0 Å². The van der Waals surface area contributed by atoms with Crippen LogP contribution in [0.5, 0.6) is 0 Å². The molecule has 0 atom stereocenters. The van der Waals surface area contributed by atoms with Crippen molar-refractivity contribution in [1.29, 1.82) is 0 Å². The van der Waals surface area contributed by atoms with E-state index in [0.29, 0.717) is 13.1 Å². The SMILES string of the molecule is Cc1ccccc1CN1CCN(CC(=O)NCc2ccco2)CC1. The fraction of sp³-hybridized carbons (Fsp3) is 0.421. The summed E-state index contributed by atoms with van der Waals surface area (Å²) < 4.78 is 5.22. The number of hydrogen-bond donors (Lipinski definition) is 1. The van der Waals surface area contributed by atoms with Crippen molar-refractivity contribution in [3.05, 3.63) is 59.5 Å². The molecule has 2 aromatic rings. The van der Waals surface area contributed by atoms with Gasteiger partial charge < -0.3 is 9.73 Å². The number of amides is 1. The largest absolute Gasteiger partial charge is 0.467 e. The van der Waals surface area contributed by atoms with Gasteiger partial charge in [0, 0.05) is 32.7 Å². The first-order valence-electron chi connectivity index (χ1n) is 8.49. The molecule has 1 aromatic carbocycles. The van der Waals surface area contributed by atoms with Crippen LogP contribution >= 0.6 is 0 Å². The third-order valence-electron chi connectivity index (χ3n) is 4.53. The van der Waals surface area contributed by atoms with Crippen LogP contribution in [0.25, 0.3) is 0 Å². The van der Waals surface area contributed by atoms with E-state index in [1.54, 1.807) is 6.26 Å². The molecular formula is C19H25N3O2. The van der Waals surface area contributed by atoms with E-state index in [9.17, 15) is 4.79 Å². The Labute approximate surface area is 143 Å². The predicted molar refractivity (Wildman–Crippen MR) is 93.5 cm³/mol. The summed E-state index contributed by atoms with van der Waals surface area (Å²) in [6.07, 6.45) is 1.62. The van der Waals surface area contributed by atoms with E-state index in [1.165, 1.54) is 11.1 Å². The summed E-state index contributed by atoms with van der Waals surface area (Å²) in [5, 5.41) is 2.90. The molecule has 0 aliphatic carbocycles. The van der Waals surface area contributed by atoms with Crippen LogP contribution in [0.15, 0.2) is 47.1 Å². The van der Waals surface area contributed by atoms with Gasteiger partial charge in [-0.25, -0.2) is 0 Å². The molecule has 0 spiro atoms. The van der Waals surface area contributed by atoms with E-state index in [0.717, 1.165) is 38.5 Å². The Morgan fingerprint density at radius 2 is 1.83 bits per heavy atom. The van der Waals surface area contributed by atoms with Crippen LogP contribution in [0.2, 0.25) is 0 Å². The zero-order valence-electron chi connectivity index (χ0n) is 14.2. The van der Waals surface area contributed by atoms with Gasteiger partial charge in [0.15, 0.2) is 0 Å². The minimum absolute atomic E-state index is 0.0544. The average Bonchev–Trinajstić information content (AvgIpc) is 3.10. The van der Waals surface area contributed by atoms with Crippen molar-refractivity contribution >= 4 is 5.91 Å². The lowest BCUT2D eigenvalue weighted by Gasteiger charge is -2.34. The molecule has 3 rings (SSSR count). The highest BCUT2D eigenvalue weighted by atomic mass is 16.3. The number of piperazine rings is 1. The predicted octanol–water partition coefficient (Wildman–Crippen LogP) is 2.02. The lowest BCUT2D eigenvalue weighted by atomic mass is 10.1. The topological polar surface area (TPSA) is 48.7 Å². The van der Waals surface area contributed by atoms with Crippen LogP contribution < -0.4 is 5.32 Å². The summed E-state index contributed by atoms with van der Waals surface area (Å²) in [6.45, 7) is 7.93. The van der Waals surface area contributed by atoms with Gasteiger partial charge in [0.05, 0.1) is 19.4 Å². The normalized spacial score (nSPS) is 16.2. The molecule has 0 saturated carbocycles. The molecule has 1 fully saturated rings. The number of carbonyl (C=O) groups is 1. The first-order chi connectivity index (χ1) is 11.7. The lowest BCUT2D eigenvalue weighted by molar-refractivity contribution is -0.122. The molecule has 5 nitrogen and oxygen atoms in total. The minimum atomic E-state index is 0.0544. The first-order valence-corrected chi connectivity index (χ1v) is 8.49. The maximum Gasteiger partial charge on any atom is 0.234 e. The van der Waals surface area contributed by atoms with Gasteiger partial charge in [-0.2, -0.15) is 0 Å². The van der Waals surface area contributed by atoms with Crippen molar-refractivity contribution < 1.29 is 9.21 Å². The van der Waals surface area contributed by atoms with Crippen molar-refractivity contribution in [2.24, 2.45) is 0 Å². The van der Waals surface area contributed by atoms with Crippen molar-refractivity contribution in [3.63, 3.8) is 0 Å². The van der Waals surface area contributed by atoms with Crippen LogP contribution in [0.1, 0.15) is 16.9 Å². The summed E-state index contributed by atoms with van der Waals surface area (Å²) in [7, 11) is 0. The molecule has 1 aliphatic heterocycles. The molecule has 1 aliphatic rings. The number of carbonyl (C=O) groups excluding carboxylic acids is 1. The molecule has 1 aromatic heterocycles. The highest BCUT2D eigenvalue weighted by Gasteiger charge is 2.19. The van der Waals surface area contributed by atoms with E-state index in [-0.39, 0.29) is 5.91 Å². The molecule has 0 unspecified atom stereocenters. The van der Waals surface area contributed by atoms with Gasteiger partial charge >= 0.3 is 0 Å². The first kappa shape index (κ1) is 16.7. The molecule has 2 heterocycles. The van der Waals surface area contributed by atoms with Crippen molar-refractivity contribution in [3.8, 4) is 0 Å². The van der Waals surface area contributed by atoms with E-state index < -0.39 is 0 Å². The average molecular weight is 327 g/mol. The molecule has 1 saturated heterocycles. The lowest BCUT2D eigenvalue weighted by Crippen LogP contribution is -2.49. The molecule has 5 heteroatoms. The van der Waals surface area contributed by atoms with Crippen LogP contribution in [0.4, 0.5) is 0 Å². The summed E-state index contributed by atoms with van der Waals surface area (Å²) >= 11 is 0. The Morgan fingerprint density at radius 1 is 1.08 bits per heavy atom. The van der Waals surface area contributed by atoms with Gasteiger partial charge in [0.2, 0.25) is 5.91 Å². The maximum absolute atomic E-state index is 12.0. The monoisotopic (exact) mass is 327 g/mol. The maximum atomic E-state index is 12.0. The highest BCUT2D eigenvalue weighted by Crippen LogP contribution is 2.12. The molecule has 0 bridgehead atoms. The third-order valence-corrected chi connectivity index (χ3v) is 4.53. The van der Waals surface area contributed by atoms with Crippen LogP contribution in [-0.4, -0.2) is 48.4 Å². The molecule has 0 radical (unpaired) electrons.